The van der Waals surface area contributed by atoms with Crippen molar-refractivity contribution in [2.24, 2.45) is 5.73 Å². The predicted molar refractivity (Wildman–Crippen MR) is 56.3 cm³/mol. The predicted octanol–water partition coefficient (Wildman–Crippen LogP) is 1.45. The van der Waals surface area contributed by atoms with Crippen LogP contribution in [-0.4, -0.2) is 23.8 Å². The number of methoxy groups -OCH3 is 1. The number of hydrogen-bond donors (Lipinski definition) is 1. The van der Waals surface area contributed by atoms with Crippen LogP contribution < -0.4 is 5.73 Å². The maximum atomic E-state index is 5.40. The maximum absolute atomic E-state index is 5.40. The summed E-state index contributed by atoms with van der Waals surface area (Å²) >= 11 is 0. The highest BCUT2D eigenvalue weighted by Crippen LogP contribution is 2.18. The summed E-state index contributed by atoms with van der Waals surface area (Å²) in [6.45, 7) is 2.74. The SMILES string of the molecule is CCCC(OC)c1noc(CCCN)n1. The number of nitrogens with two attached hydrogens (primary N) is 1. The summed E-state index contributed by atoms with van der Waals surface area (Å²) in [4.78, 5) is 4.28. The smallest absolute Gasteiger partial charge is 0.226 e. The fraction of sp³-hybridized carbons (Fsp3) is 0.800. The third kappa shape index (κ3) is 3.60. The van der Waals surface area contributed by atoms with Crippen LogP contribution in [0.15, 0.2) is 4.52 Å². The van der Waals surface area contributed by atoms with E-state index in [-0.39, 0.29) is 6.10 Å². The van der Waals surface area contributed by atoms with E-state index in [9.17, 15) is 0 Å². The topological polar surface area (TPSA) is 74.2 Å². The lowest BCUT2D eigenvalue weighted by molar-refractivity contribution is 0.0854. The minimum atomic E-state index is -0.0506. The van der Waals surface area contributed by atoms with Crippen LogP contribution >= 0.6 is 0 Å². The van der Waals surface area contributed by atoms with Crippen molar-refractivity contribution < 1.29 is 9.26 Å². The normalized spacial score (nSPS) is 13.0. The number of aromatic nitrogens is 2. The molecule has 5 heteroatoms. The third-order valence-corrected chi connectivity index (χ3v) is 2.20. The van der Waals surface area contributed by atoms with Crippen LogP contribution in [0.4, 0.5) is 0 Å². The van der Waals surface area contributed by atoms with Crippen molar-refractivity contribution in [2.75, 3.05) is 13.7 Å². The molecule has 1 heterocycles. The summed E-state index contributed by atoms with van der Waals surface area (Å²) in [5, 5.41) is 3.91. The van der Waals surface area contributed by atoms with Crippen LogP contribution in [-0.2, 0) is 11.2 Å². The molecule has 15 heavy (non-hydrogen) atoms. The molecule has 0 aliphatic carbocycles. The molecule has 86 valence electrons. The third-order valence-electron chi connectivity index (χ3n) is 2.20. The second kappa shape index (κ2) is 6.53. The Morgan fingerprint density at radius 2 is 2.33 bits per heavy atom. The van der Waals surface area contributed by atoms with Crippen LogP contribution in [0.2, 0.25) is 0 Å². The van der Waals surface area contributed by atoms with Gasteiger partial charge in [-0.25, -0.2) is 0 Å². The monoisotopic (exact) mass is 213 g/mol. The van der Waals surface area contributed by atoms with Crippen molar-refractivity contribution >= 4 is 0 Å². The van der Waals surface area contributed by atoms with E-state index in [0.29, 0.717) is 18.3 Å². The molecule has 1 aromatic heterocycles. The summed E-state index contributed by atoms with van der Waals surface area (Å²) in [6.07, 6.45) is 3.50. The molecule has 0 spiro atoms. The Morgan fingerprint density at radius 1 is 1.53 bits per heavy atom. The number of ether oxygens (including phenoxy) is 1. The molecule has 0 fully saturated rings. The van der Waals surface area contributed by atoms with Crippen LogP contribution in [0.1, 0.15) is 44.0 Å². The lowest BCUT2D eigenvalue weighted by atomic mass is 10.2. The first-order valence-electron chi connectivity index (χ1n) is 5.37. The number of rotatable bonds is 7. The number of nitrogens with zero attached hydrogens (tertiary/aromatic N) is 2. The number of aryl methyl sites for hydroxylation is 1. The molecule has 2 N–H and O–H groups in total. The molecule has 0 aliphatic rings. The molecular weight excluding hydrogens is 194 g/mol. The summed E-state index contributed by atoms with van der Waals surface area (Å²) in [5.74, 6) is 1.29. The highest BCUT2D eigenvalue weighted by Gasteiger charge is 2.16. The van der Waals surface area contributed by atoms with E-state index in [2.05, 4.69) is 17.1 Å². The molecule has 1 atom stereocenters. The summed E-state index contributed by atoms with van der Waals surface area (Å²) < 4.78 is 10.4. The standard InChI is InChI=1S/C10H19N3O2/c1-3-5-8(14-2)10-12-9(15-13-10)6-4-7-11/h8H,3-7,11H2,1-2H3. The van der Waals surface area contributed by atoms with E-state index in [4.69, 9.17) is 15.0 Å². The Hall–Kier alpha value is -0.940. The Morgan fingerprint density at radius 3 is 2.93 bits per heavy atom. The molecule has 0 saturated heterocycles. The lowest BCUT2D eigenvalue weighted by Gasteiger charge is -2.08. The minimum Gasteiger partial charge on any atom is -0.373 e. The van der Waals surface area contributed by atoms with Gasteiger partial charge >= 0.3 is 0 Å². The summed E-state index contributed by atoms with van der Waals surface area (Å²) in [7, 11) is 1.66. The van der Waals surface area contributed by atoms with E-state index in [1.54, 1.807) is 7.11 Å². The fourth-order valence-electron chi connectivity index (χ4n) is 1.37. The molecule has 1 rings (SSSR count). The van der Waals surface area contributed by atoms with Gasteiger partial charge in [0.05, 0.1) is 0 Å². The molecule has 0 aliphatic heterocycles. The van der Waals surface area contributed by atoms with Crippen LogP contribution in [0, 0.1) is 0 Å². The Labute approximate surface area is 90.0 Å². The largest absolute Gasteiger partial charge is 0.373 e. The zero-order chi connectivity index (χ0) is 11.1. The molecule has 0 bridgehead atoms. The van der Waals surface area contributed by atoms with E-state index in [1.165, 1.54) is 0 Å². The van der Waals surface area contributed by atoms with Gasteiger partial charge < -0.3 is 15.0 Å². The molecule has 0 saturated carbocycles. The van der Waals surface area contributed by atoms with Gasteiger partial charge in [0.1, 0.15) is 6.10 Å². The van der Waals surface area contributed by atoms with E-state index < -0.39 is 0 Å². The molecule has 1 aromatic rings. The molecule has 0 amide bonds. The van der Waals surface area contributed by atoms with E-state index in [1.807, 2.05) is 0 Å². The Bertz CT molecular complexity index is 275. The number of hydrogen-bond acceptors (Lipinski definition) is 5. The van der Waals surface area contributed by atoms with Gasteiger partial charge in [0.25, 0.3) is 0 Å². The molecule has 0 aromatic carbocycles. The average molecular weight is 213 g/mol. The Kier molecular flexibility index (Phi) is 5.28. The van der Waals surface area contributed by atoms with Gasteiger partial charge in [0.2, 0.25) is 11.7 Å². The van der Waals surface area contributed by atoms with Crippen molar-refractivity contribution in [1.29, 1.82) is 0 Å². The van der Waals surface area contributed by atoms with Gasteiger partial charge in [-0.3, -0.25) is 0 Å². The van der Waals surface area contributed by atoms with Crippen molar-refractivity contribution in [2.45, 2.75) is 38.7 Å². The minimum absolute atomic E-state index is 0.0506. The first-order valence-corrected chi connectivity index (χ1v) is 5.37. The lowest BCUT2D eigenvalue weighted by Crippen LogP contribution is -2.04. The fourth-order valence-corrected chi connectivity index (χ4v) is 1.37. The second-order valence-electron chi connectivity index (χ2n) is 3.45. The quantitative estimate of drug-likeness (QED) is 0.742. The Balaban J connectivity index is 2.56. The van der Waals surface area contributed by atoms with Crippen LogP contribution in [0.25, 0.3) is 0 Å². The second-order valence-corrected chi connectivity index (χ2v) is 3.45. The van der Waals surface area contributed by atoms with Crippen LogP contribution in [0.3, 0.4) is 0 Å². The molecule has 0 radical (unpaired) electrons. The zero-order valence-electron chi connectivity index (χ0n) is 9.40. The van der Waals surface area contributed by atoms with E-state index >= 15 is 0 Å². The van der Waals surface area contributed by atoms with Gasteiger partial charge in [-0.05, 0) is 19.4 Å². The van der Waals surface area contributed by atoms with Gasteiger partial charge in [-0.2, -0.15) is 4.98 Å². The molecule has 1 unspecified atom stereocenters. The highest BCUT2D eigenvalue weighted by atomic mass is 16.5. The van der Waals surface area contributed by atoms with Crippen molar-refractivity contribution in [1.82, 2.24) is 10.1 Å². The van der Waals surface area contributed by atoms with Crippen molar-refractivity contribution in [3.05, 3.63) is 11.7 Å². The first-order chi connectivity index (χ1) is 7.31. The highest BCUT2D eigenvalue weighted by molar-refractivity contribution is 4.91. The van der Waals surface area contributed by atoms with Gasteiger partial charge in [-0.15, -0.1) is 0 Å². The molecular formula is C10H19N3O2. The van der Waals surface area contributed by atoms with Gasteiger partial charge in [0, 0.05) is 13.5 Å². The van der Waals surface area contributed by atoms with Crippen molar-refractivity contribution in [3.8, 4) is 0 Å². The summed E-state index contributed by atoms with van der Waals surface area (Å²) in [5.41, 5.74) is 5.40. The molecule has 5 nitrogen and oxygen atoms in total. The summed E-state index contributed by atoms with van der Waals surface area (Å²) in [6, 6.07) is 0. The first kappa shape index (κ1) is 12.1. The zero-order valence-corrected chi connectivity index (χ0v) is 9.40. The van der Waals surface area contributed by atoms with E-state index in [0.717, 1.165) is 25.7 Å². The average Bonchev–Trinajstić information content (AvgIpc) is 2.71. The van der Waals surface area contributed by atoms with Gasteiger partial charge in [0.15, 0.2) is 0 Å². The van der Waals surface area contributed by atoms with Crippen molar-refractivity contribution in [3.63, 3.8) is 0 Å². The van der Waals surface area contributed by atoms with Gasteiger partial charge in [-0.1, -0.05) is 18.5 Å². The van der Waals surface area contributed by atoms with Crippen LogP contribution in [0.5, 0.6) is 0 Å². The maximum Gasteiger partial charge on any atom is 0.226 e.